The number of imidazole rings is 1. The summed E-state index contributed by atoms with van der Waals surface area (Å²) < 4.78 is 8.68. The molecule has 2 aromatic heterocycles. The molecule has 3 rings (SSSR count). The Morgan fingerprint density at radius 2 is 2.24 bits per heavy atom. The highest BCUT2D eigenvalue weighted by atomic mass is 79.9. The molecule has 6 heteroatoms. The molecule has 0 aliphatic heterocycles. The number of ether oxygens (including phenoxy) is 1. The van der Waals surface area contributed by atoms with Gasteiger partial charge < -0.3 is 9.30 Å². The summed E-state index contributed by atoms with van der Waals surface area (Å²) in [5, 5.41) is 1.91. The minimum atomic E-state index is -0.166. The number of hydrogen-bond donors (Lipinski definition) is 0. The Labute approximate surface area is 140 Å². The molecular formula is C15H14BrClN2OS. The largest absolute Gasteiger partial charge is 0.494 e. The van der Waals surface area contributed by atoms with Crippen molar-refractivity contribution in [2.24, 2.45) is 0 Å². The number of rotatable bonds is 4. The molecule has 0 amide bonds. The lowest BCUT2D eigenvalue weighted by molar-refractivity contribution is 0.419. The molecule has 1 atom stereocenters. The Hall–Kier alpha value is -1.04. The topological polar surface area (TPSA) is 27.1 Å². The van der Waals surface area contributed by atoms with Crippen LogP contribution in [0, 0.1) is 0 Å². The van der Waals surface area contributed by atoms with E-state index in [4.69, 9.17) is 16.3 Å². The summed E-state index contributed by atoms with van der Waals surface area (Å²) in [6, 6.07) is 8.01. The van der Waals surface area contributed by atoms with E-state index in [1.807, 2.05) is 19.1 Å². The van der Waals surface area contributed by atoms with E-state index in [0.29, 0.717) is 0 Å². The van der Waals surface area contributed by atoms with Crippen molar-refractivity contribution < 1.29 is 4.74 Å². The zero-order chi connectivity index (χ0) is 15.0. The van der Waals surface area contributed by atoms with E-state index in [1.165, 1.54) is 4.88 Å². The van der Waals surface area contributed by atoms with Crippen molar-refractivity contribution in [2.45, 2.75) is 18.8 Å². The Kier molecular flexibility index (Phi) is 4.24. The summed E-state index contributed by atoms with van der Waals surface area (Å²) in [6.45, 7) is 2.68. The number of alkyl halides is 1. The summed E-state index contributed by atoms with van der Waals surface area (Å²) in [6.07, 6.45) is 0. The molecule has 3 nitrogen and oxygen atoms in total. The van der Waals surface area contributed by atoms with Gasteiger partial charge in [0.25, 0.3) is 0 Å². The van der Waals surface area contributed by atoms with Crippen LogP contribution >= 0.6 is 38.9 Å². The summed E-state index contributed by atoms with van der Waals surface area (Å²) >= 11 is 11.6. The molecule has 3 aromatic rings. The first-order valence-corrected chi connectivity index (χ1v) is 8.61. The van der Waals surface area contributed by atoms with Gasteiger partial charge in [-0.1, -0.05) is 6.07 Å². The first kappa shape index (κ1) is 14.9. The van der Waals surface area contributed by atoms with Crippen molar-refractivity contribution in [1.82, 2.24) is 9.55 Å². The van der Waals surface area contributed by atoms with E-state index < -0.39 is 0 Å². The maximum atomic E-state index is 6.32. The molecule has 0 aliphatic carbocycles. The van der Waals surface area contributed by atoms with Crippen LogP contribution in [0.2, 0.25) is 0 Å². The molecule has 1 aromatic carbocycles. The van der Waals surface area contributed by atoms with Gasteiger partial charge in [-0.05, 0) is 46.4 Å². The number of halogens is 2. The average molecular weight is 386 g/mol. The lowest BCUT2D eigenvalue weighted by atomic mass is 10.3. The lowest BCUT2D eigenvalue weighted by Crippen LogP contribution is -2.05. The highest BCUT2D eigenvalue weighted by molar-refractivity contribution is 9.10. The maximum absolute atomic E-state index is 6.32. The van der Waals surface area contributed by atoms with E-state index in [-0.39, 0.29) is 5.38 Å². The standard InChI is InChI=1S/C15H14BrClN2OS/c1-9(17)15-18-14-11(4-3-5-12(14)20-2)19(15)8-13-10(16)6-7-21-13/h3-7,9H,8H2,1-2H3. The zero-order valence-electron chi connectivity index (χ0n) is 11.6. The van der Waals surface area contributed by atoms with E-state index in [0.717, 1.165) is 33.6 Å². The van der Waals surface area contributed by atoms with Crippen molar-refractivity contribution in [3.63, 3.8) is 0 Å². The van der Waals surface area contributed by atoms with Crippen LogP contribution in [-0.2, 0) is 6.54 Å². The van der Waals surface area contributed by atoms with Crippen LogP contribution in [-0.4, -0.2) is 16.7 Å². The molecule has 110 valence electrons. The van der Waals surface area contributed by atoms with Gasteiger partial charge in [0.15, 0.2) is 0 Å². The third-order valence-electron chi connectivity index (χ3n) is 3.34. The predicted octanol–water partition coefficient (Wildman–Crippen LogP) is 5.22. The van der Waals surface area contributed by atoms with Crippen LogP contribution < -0.4 is 4.74 Å². The van der Waals surface area contributed by atoms with Gasteiger partial charge in [-0.15, -0.1) is 22.9 Å². The van der Waals surface area contributed by atoms with Crippen LogP contribution in [0.3, 0.4) is 0 Å². The average Bonchev–Trinajstić information content (AvgIpc) is 3.04. The molecular weight excluding hydrogens is 372 g/mol. The maximum Gasteiger partial charge on any atom is 0.146 e. The van der Waals surface area contributed by atoms with Gasteiger partial charge in [0.05, 0.1) is 24.5 Å². The van der Waals surface area contributed by atoms with Crippen molar-refractivity contribution >= 4 is 49.9 Å². The summed E-state index contributed by atoms with van der Waals surface area (Å²) in [7, 11) is 1.66. The second-order valence-electron chi connectivity index (χ2n) is 4.69. The Morgan fingerprint density at radius 1 is 1.43 bits per heavy atom. The molecule has 0 N–H and O–H groups in total. The molecule has 0 fully saturated rings. The van der Waals surface area contributed by atoms with E-state index >= 15 is 0 Å². The second kappa shape index (κ2) is 5.99. The summed E-state index contributed by atoms with van der Waals surface area (Å²) in [4.78, 5) is 5.93. The van der Waals surface area contributed by atoms with Gasteiger partial charge in [0, 0.05) is 9.35 Å². The normalized spacial score (nSPS) is 12.8. The van der Waals surface area contributed by atoms with E-state index in [9.17, 15) is 0 Å². The highest BCUT2D eigenvalue weighted by Gasteiger charge is 2.18. The van der Waals surface area contributed by atoms with Crippen LogP contribution in [0.15, 0.2) is 34.1 Å². The first-order chi connectivity index (χ1) is 10.1. The van der Waals surface area contributed by atoms with Crippen LogP contribution in [0.1, 0.15) is 23.0 Å². The molecule has 2 heterocycles. The number of fused-ring (bicyclic) bond motifs is 1. The minimum Gasteiger partial charge on any atom is -0.494 e. The number of para-hydroxylation sites is 1. The fourth-order valence-corrected chi connectivity index (χ4v) is 3.99. The minimum absolute atomic E-state index is 0.166. The Morgan fingerprint density at radius 3 is 2.86 bits per heavy atom. The third kappa shape index (κ3) is 2.70. The van der Waals surface area contributed by atoms with Crippen molar-refractivity contribution in [3.05, 3.63) is 44.8 Å². The van der Waals surface area contributed by atoms with Gasteiger partial charge in [0.1, 0.15) is 17.1 Å². The highest BCUT2D eigenvalue weighted by Crippen LogP contribution is 2.32. The van der Waals surface area contributed by atoms with Gasteiger partial charge in [-0.2, -0.15) is 0 Å². The van der Waals surface area contributed by atoms with E-state index in [2.05, 4.69) is 43.0 Å². The molecule has 0 aliphatic rings. The summed E-state index contributed by atoms with van der Waals surface area (Å²) in [5.74, 6) is 1.63. The third-order valence-corrected chi connectivity index (χ3v) is 5.45. The number of aromatic nitrogens is 2. The van der Waals surface area contributed by atoms with Gasteiger partial charge in [-0.25, -0.2) is 4.98 Å². The van der Waals surface area contributed by atoms with Gasteiger partial charge in [-0.3, -0.25) is 0 Å². The van der Waals surface area contributed by atoms with Crippen LogP contribution in [0.4, 0.5) is 0 Å². The predicted molar refractivity (Wildman–Crippen MR) is 91.7 cm³/mol. The van der Waals surface area contributed by atoms with Crippen molar-refractivity contribution in [2.75, 3.05) is 7.11 Å². The number of benzene rings is 1. The lowest BCUT2D eigenvalue weighted by Gasteiger charge is -2.10. The zero-order valence-corrected chi connectivity index (χ0v) is 14.8. The second-order valence-corrected chi connectivity index (χ2v) is 7.20. The van der Waals surface area contributed by atoms with Crippen LogP contribution in [0.25, 0.3) is 11.0 Å². The molecule has 0 saturated heterocycles. The Bertz CT molecular complexity index is 781. The molecule has 1 unspecified atom stereocenters. The molecule has 0 saturated carbocycles. The van der Waals surface area contributed by atoms with E-state index in [1.54, 1.807) is 18.4 Å². The van der Waals surface area contributed by atoms with Crippen molar-refractivity contribution in [3.8, 4) is 5.75 Å². The van der Waals surface area contributed by atoms with Gasteiger partial charge >= 0.3 is 0 Å². The first-order valence-electron chi connectivity index (χ1n) is 6.51. The Balaban J connectivity index is 2.19. The number of methoxy groups -OCH3 is 1. The molecule has 0 bridgehead atoms. The molecule has 0 radical (unpaired) electrons. The SMILES string of the molecule is COc1cccc2c1nc(C(C)Cl)n2Cc1sccc1Br. The quantitative estimate of drug-likeness (QED) is 0.576. The monoisotopic (exact) mass is 384 g/mol. The summed E-state index contributed by atoms with van der Waals surface area (Å²) in [5.41, 5.74) is 1.90. The van der Waals surface area contributed by atoms with Crippen molar-refractivity contribution in [1.29, 1.82) is 0 Å². The smallest absolute Gasteiger partial charge is 0.146 e. The fourth-order valence-electron chi connectivity index (χ4n) is 2.36. The van der Waals surface area contributed by atoms with Gasteiger partial charge in [0.2, 0.25) is 0 Å². The fraction of sp³-hybridized carbons (Fsp3) is 0.267. The molecule has 21 heavy (non-hydrogen) atoms. The number of thiophene rings is 1. The number of hydrogen-bond acceptors (Lipinski definition) is 3. The van der Waals surface area contributed by atoms with Crippen LogP contribution in [0.5, 0.6) is 5.75 Å². The number of nitrogens with zero attached hydrogens (tertiary/aromatic N) is 2. The molecule has 0 spiro atoms.